The van der Waals surface area contributed by atoms with Crippen molar-refractivity contribution in [1.29, 1.82) is 0 Å². The first-order valence-corrected chi connectivity index (χ1v) is 9.82. The summed E-state index contributed by atoms with van der Waals surface area (Å²) in [4.78, 5) is 63.6. The maximum absolute atomic E-state index is 11.9. The molecule has 11 heteroatoms. The molecule has 1 unspecified atom stereocenters. The van der Waals surface area contributed by atoms with Crippen LogP contribution in [-0.4, -0.2) is 84.0 Å². The average Bonchev–Trinajstić information content (AvgIpc) is 3.10. The highest BCUT2D eigenvalue weighted by Gasteiger charge is 2.37. The summed E-state index contributed by atoms with van der Waals surface area (Å²) in [6.07, 6.45) is 2.01. The molecule has 150 valence electrons. The van der Waals surface area contributed by atoms with E-state index in [9.17, 15) is 24.0 Å². The Morgan fingerprint density at radius 2 is 1.63 bits per heavy atom. The van der Waals surface area contributed by atoms with E-state index < -0.39 is 17.8 Å². The fourth-order valence-corrected chi connectivity index (χ4v) is 3.15. The van der Waals surface area contributed by atoms with Crippen LogP contribution in [0.4, 0.5) is 0 Å². The highest BCUT2D eigenvalue weighted by molar-refractivity contribution is 8.00. The summed E-state index contributed by atoms with van der Waals surface area (Å²) < 4.78 is 10.5. The van der Waals surface area contributed by atoms with Crippen LogP contribution in [0.15, 0.2) is 0 Å². The van der Waals surface area contributed by atoms with Gasteiger partial charge in [-0.2, -0.15) is 11.8 Å². The van der Waals surface area contributed by atoms with Gasteiger partial charge in [0.05, 0.1) is 44.6 Å². The van der Waals surface area contributed by atoms with Gasteiger partial charge in [0.2, 0.25) is 11.8 Å². The van der Waals surface area contributed by atoms with Crippen molar-refractivity contribution in [2.24, 2.45) is 0 Å². The highest BCUT2D eigenvalue weighted by Crippen LogP contribution is 2.22. The van der Waals surface area contributed by atoms with E-state index in [1.54, 1.807) is 6.26 Å². The Morgan fingerprint density at radius 1 is 1.00 bits per heavy atom. The fourth-order valence-electron chi connectivity index (χ4n) is 2.51. The van der Waals surface area contributed by atoms with Crippen molar-refractivity contribution in [3.05, 3.63) is 0 Å². The number of amides is 4. The number of imide groups is 2. The zero-order valence-corrected chi connectivity index (χ0v) is 15.8. The maximum Gasteiger partial charge on any atom is 0.335 e. The van der Waals surface area contributed by atoms with Crippen LogP contribution in [0.2, 0.25) is 0 Å². The van der Waals surface area contributed by atoms with E-state index in [2.05, 4.69) is 4.84 Å². The van der Waals surface area contributed by atoms with Crippen LogP contribution in [0, 0.1) is 0 Å². The summed E-state index contributed by atoms with van der Waals surface area (Å²) in [5.41, 5.74) is 0. The molecule has 2 fully saturated rings. The van der Waals surface area contributed by atoms with Gasteiger partial charge in [-0.1, -0.05) is 0 Å². The molecule has 2 rings (SSSR count). The molecule has 2 aliphatic heterocycles. The third kappa shape index (κ3) is 6.01. The zero-order chi connectivity index (χ0) is 19.8. The minimum absolute atomic E-state index is 0.0481. The predicted octanol–water partition coefficient (Wildman–Crippen LogP) is -0.493. The molecule has 4 amide bonds. The number of hydrogen-bond donors (Lipinski definition) is 0. The van der Waals surface area contributed by atoms with Crippen LogP contribution >= 0.6 is 11.8 Å². The second kappa shape index (κ2) is 10.4. The Balaban J connectivity index is 1.48. The first-order valence-electron chi connectivity index (χ1n) is 8.53. The number of ether oxygens (including phenoxy) is 2. The van der Waals surface area contributed by atoms with Crippen LogP contribution < -0.4 is 0 Å². The number of carbonyl (C=O) groups excluding carboxylic acids is 5. The maximum atomic E-state index is 11.9. The third-order valence-electron chi connectivity index (χ3n) is 3.97. The third-order valence-corrected chi connectivity index (χ3v) is 4.91. The molecule has 2 saturated heterocycles. The molecule has 0 spiro atoms. The molecule has 0 saturated carbocycles. The molecule has 27 heavy (non-hydrogen) atoms. The summed E-state index contributed by atoms with van der Waals surface area (Å²) in [6.45, 7) is 0.920. The minimum atomic E-state index is -0.728. The van der Waals surface area contributed by atoms with Gasteiger partial charge in [-0.3, -0.25) is 24.1 Å². The summed E-state index contributed by atoms with van der Waals surface area (Å²) in [5, 5.41) is 0.195. The van der Waals surface area contributed by atoms with Crippen molar-refractivity contribution in [2.75, 3.05) is 39.2 Å². The van der Waals surface area contributed by atoms with E-state index in [1.165, 1.54) is 16.7 Å². The number of hydrogen-bond acceptors (Lipinski definition) is 9. The first kappa shape index (κ1) is 21.3. The van der Waals surface area contributed by atoms with Gasteiger partial charge in [-0.25, -0.2) is 4.79 Å². The molecule has 0 aromatic carbocycles. The largest absolute Gasteiger partial charge is 0.378 e. The first-order chi connectivity index (χ1) is 12.9. The lowest BCUT2D eigenvalue weighted by molar-refractivity contribution is -0.198. The lowest BCUT2D eigenvalue weighted by Gasteiger charge is -2.14. The molecule has 0 aromatic heterocycles. The van der Waals surface area contributed by atoms with E-state index in [0.29, 0.717) is 5.06 Å². The minimum Gasteiger partial charge on any atom is -0.378 e. The van der Waals surface area contributed by atoms with Gasteiger partial charge >= 0.3 is 5.97 Å². The van der Waals surface area contributed by atoms with Crippen molar-refractivity contribution in [1.82, 2.24) is 9.96 Å². The number of rotatable bonds is 11. The number of nitrogens with zero attached hydrogens (tertiary/aromatic N) is 2. The lowest BCUT2D eigenvalue weighted by atomic mass is 10.4. The molecule has 0 aromatic rings. The van der Waals surface area contributed by atoms with Gasteiger partial charge < -0.3 is 14.3 Å². The number of hydroxylamine groups is 2. The summed E-state index contributed by atoms with van der Waals surface area (Å²) >= 11 is 1.36. The van der Waals surface area contributed by atoms with E-state index in [-0.39, 0.29) is 75.7 Å². The van der Waals surface area contributed by atoms with E-state index >= 15 is 0 Å². The van der Waals surface area contributed by atoms with E-state index in [1.807, 2.05) is 0 Å². The molecule has 0 bridgehead atoms. The van der Waals surface area contributed by atoms with Crippen molar-refractivity contribution in [2.45, 2.75) is 30.9 Å². The Kier molecular flexibility index (Phi) is 8.20. The van der Waals surface area contributed by atoms with E-state index in [0.717, 1.165) is 0 Å². The van der Waals surface area contributed by atoms with Gasteiger partial charge in [0.25, 0.3) is 11.8 Å². The van der Waals surface area contributed by atoms with Crippen molar-refractivity contribution >= 4 is 41.4 Å². The van der Waals surface area contributed by atoms with Gasteiger partial charge in [0, 0.05) is 19.3 Å². The SMILES string of the molecule is CSC1CC(=O)N(CCOCCOCCC(=O)ON2C(=O)CCC2=O)C1=O. The molecule has 1 atom stereocenters. The molecule has 10 nitrogen and oxygen atoms in total. The molecular formula is C16H22N2O8S. The van der Waals surface area contributed by atoms with E-state index in [4.69, 9.17) is 9.47 Å². The Bertz CT molecular complexity index is 595. The van der Waals surface area contributed by atoms with Crippen LogP contribution in [-0.2, 0) is 38.3 Å². The quantitative estimate of drug-likeness (QED) is 0.333. The van der Waals surface area contributed by atoms with Crippen LogP contribution in [0.5, 0.6) is 0 Å². The molecular weight excluding hydrogens is 380 g/mol. The van der Waals surface area contributed by atoms with Gasteiger partial charge in [0.15, 0.2) is 0 Å². The Hall–Kier alpha value is -1.98. The topological polar surface area (TPSA) is 120 Å². The molecule has 2 heterocycles. The molecule has 0 aliphatic carbocycles. The van der Waals surface area contributed by atoms with Gasteiger partial charge in [0.1, 0.15) is 0 Å². The second-order valence-electron chi connectivity index (χ2n) is 5.83. The van der Waals surface area contributed by atoms with Crippen LogP contribution in [0.25, 0.3) is 0 Å². The van der Waals surface area contributed by atoms with Crippen LogP contribution in [0.1, 0.15) is 25.7 Å². The number of thioether (sulfide) groups is 1. The Morgan fingerprint density at radius 3 is 2.22 bits per heavy atom. The summed E-state index contributed by atoms with van der Waals surface area (Å²) in [5.74, 6) is -2.15. The molecule has 0 N–H and O–H groups in total. The molecule has 2 aliphatic rings. The lowest BCUT2D eigenvalue weighted by Crippen LogP contribution is -2.34. The second-order valence-corrected chi connectivity index (χ2v) is 6.87. The predicted molar refractivity (Wildman–Crippen MR) is 92.1 cm³/mol. The van der Waals surface area contributed by atoms with Crippen LogP contribution in [0.3, 0.4) is 0 Å². The van der Waals surface area contributed by atoms with Crippen molar-refractivity contribution < 1.29 is 38.3 Å². The standard InChI is InChI=1S/C16H22N2O8S/c1-27-11-10-14(21)17(16(11)23)5-7-25-9-8-24-6-4-15(22)26-18-12(19)2-3-13(18)20/h11H,2-10H2,1H3. The number of likely N-dealkylation sites (tertiary alicyclic amines) is 1. The summed E-state index contributed by atoms with van der Waals surface area (Å²) in [7, 11) is 0. The monoisotopic (exact) mass is 402 g/mol. The average molecular weight is 402 g/mol. The van der Waals surface area contributed by atoms with Crippen molar-refractivity contribution in [3.63, 3.8) is 0 Å². The van der Waals surface area contributed by atoms with Crippen molar-refractivity contribution in [3.8, 4) is 0 Å². The zero-order valence-electron chi connectivity index (χ0n) is 15.0. The fraction of sp³-hybridized carbons (Fsp3) is 0.688. The highest BCUT2D eigenvalue weighted by atomic mass is 32.2. The summed E-state index contributed by atoms with van der Waals surface area (Å²) in [6, 6.07) is 0. The number of carbonyl (C=O) groups is 5. The van der Waals surface area contributed by atoms with Gasteiger partial charge in [-0.15, -0.1) is 5.06 Å². The Labute approximate surface area is 160 Å². The smallest absolute Gasteiger partial charge is 0.335 e. The normalized spacial score (nSPS) is 20.1. The molecule has 0 radical (unpaired) electrons. The van der Waals surface area contributed by atoms with Gasteiger partial charge in [-0.05, 0) is 6.26 Å².